The van der Waals surface area contributed by atoms with Gasteiger partial charge in [-0.05, 0) is 37.3 Å². The standard InChI is InChI=1S/C22H13F7N5/c1-13-11-33(12-34(13)22(27,28)29)17-4-2-3-15(19(17)23)7-5-14-6-8-16(30-9-14)20-31-10-18(32-20)21(24,25)26/h3-4,6,8-11H,12H2,1H3,(H,31,32). The maximum Gasteiger partial charge on any atom is 0.486 e. The number of nitrogens with one attached hydrogen (secondary N) is 1. The van der Waals surface area contributed by atoms with Gasteiger partial charge in [0.1, 0.15) is 18.1 Å². The first kappa shape index (κ1) is 23.2. The van der Waals surface area contributed by atoms with Gasteiger partial charge >= 0.3 is 12.5 Å². The van der Waals surface area contributed by atoms with Crippen molar-refractivity contribution in [1.29, 1.82) is 0 Å². The highest BCUT2D eigenvalue weighted by Gasteiger charge is 2.41. The molecular weight excluding hydrogens is 467 g/mol. The SMILES string of the molecule is CC1=CN(c2c[c]cc(C#Cc3ccc(-c4ncc(C(F)(F)F)[nH]4)nc3)c2F)CN1C(F)(F)F. The van der Waals surface area contributed by atoms with Crippen LogP contribution in [0, 0.1) is 23.7 Å². The van der Waals surface area contributed by atoms with Gasteiger partial charge in [-0.1, -0.05) is 11.8 Å². The van der Waals surface area contributed by atoms with Crippen molar-refractivity contribution in [2.45, 2.75) is 19.4 Å². The summed E-state index contributed by atoms with van der Waals surface area (Å²) in [4.78, 5) is 11.1. The van der Waals surface area contributed by atoms with Crippen LogP contribution in [0.5, 0.6) is 0 Å². The topological polar surface area (TPSA) is 48.1 Å². The van der Waals surface area contributed by atoms with Crippen LogP contribution in [0.4, 0.5) is 36.4 Å². The second-order valence-electron chi connectivity index (χ2n) is 7.17. The Kier molecular flexibility index (Phi) is 5.72. The fourth-order valence-corrected chi connectivity index (χ4v) is 3.14. The zero-order valence-corrected chi connectivity index (χ0v) is 17.2. The lowest BCUT2D eigenvalue weighted by Crippen LogP contribution is -2.38. The van der Waals surface area contributed by atoms with Gasteiger partial charge in [0.05, 0.1) is 17.4 Å². The number of hydrogen-bond acceptors (Lipinski definition) is 4. The van der Waals surface area contributed by atoms with Gasteiger partial charge in [-0.3, -0.25) is 9.88 Å². The average molecular weight is 480 g/mol. The Labute approximate surface area is 188 Å². The third kappa shape index (κ3) is 4.68. The van der Waals surface area contributed by atoms with Crippen LogP contribution in [0.25, 0.3) is 11.5 Å². The van der Waals surface area contributed by atoms with E-state index in [2.05, 4.69) is 32.9 Å². The highest BCUT2D eigenvalue weighted by Crippen LogP contribution is 2.34. The van der Waals surface area contributed by atoms with Gasteiger partial charge in [0, 0.05) is 23.7 Å². The molecule has 0 saturated carbocycles. The van der Waals surface area contributed by atoms with Crippen molar-refractivity contribution >= 4 is 5.69 Å². The van der Waals surface area contributed by atoms with Crippen LogP contribution >= 0.6 is 0 Å². The van der Waals surface area contributed by atoms with E-state index in [1.165, 1.54) is 43.6 Å². The minimum Gasteiger partial charge on any atom is -0.333 e. The van der Waals surface area contributed by atoms with Crippen molar-refractivity contribution in [1.82, 2.24) is 19.9 Å². The molecule has 12 heteroatoms. The normalized spacial score (nSPS) is 14.2. The number of allylic oxidation sites excluding steroid dienone is 1. The molecule has 34 heavy (non-hydrogen) atoms. The number of H-pyrrole nitrogens is 1. The Hall–Kier alpha value is -4.01. The minimum atomic E-state index is -4.60. The molecule has 1 aliphatic rings. The molecule has 0 bridgehead atoms. The number of rotatable bonds is 2. The second-order valence-corrected chi connectivity index (χ2v) is 7.17. The van der Waals surface area contributed by atoms with Gasteiger partial charge in [-0.25, -0.2) is 9.37 Å². The lowest BCUT2D eigenvalue weighted by atomic mass is 10.1. The number of benzene rings is 1. The molecule has 2 aromatic heterocycles. The second kappa shape index (κ2) is 8.40. The molecule has 0 unspecified atom stereocenters. The van der Waals surface area contributed by atoms with E-state index in [9.17, 15) is 30.7 Å². The van der Waals surface area contributed by atoms with E-state index in [-0.39, 0.29) is 33.4 Å². The molecule has 0 atom stereocenters. The number of alkyl halides is 6. The number of aromatic amines is 1. The third-order valence-corrected chi connectivity index (χ3v) is 4.82. The first-order valence-corrected chi connectivity index (χ1v) is 9.53. The number of anilines is 1. The quantitative estimate of drug-likeness (QED) is 0.308. The largest absolute Gasteiger partial charge is 0.486 e. The predicted octanol–water partition coefficient (Wildman–Crippen LogP) is 5.29. The summed E-state index contributed by atoms with van der Waals surface area (Å²) in [5.41, 5.74) is -0.845. The molecule has 1 radical (unpaired) electrons. The number of halogens is 7. The van der Waals surface area contributed by atoms with Crippen LogP contribution in [0.15, 0.2) is 48.6 Å². The summed E-state index contributed by atoms with van der Waals surface area (Å²) in [5.74, 6) is 4.34. The zero-order valence-electron chi connectivity index (χ0n) is 17.2. The Morgan fingerprint density at radius 2 is 1.79 bits per heavy atom. The van der Waals surface area contributed by atoms with Gasteiger partial charge in [0.15, 0.2) is 11.6 Å². The highest BCUT2D eigenvalue weighted by molar-refractivity contribution is 5.58. The number of pyridine rings is 1. The van der Waals surface area contributed by atoms with E-state index < -0.39 is 30.7 Å². The van der Waals surface area contributed by atoms with E-state index in [0.29, 0.717) is 11.8 Å². The molecular formula is C22H13F7N5. The first-order valence-electron chi connectivity index (χ1n) is 9.53. The molecule has 0 fully saturated rings. The molecule has 0 saturated heterocycles. The fourth-order valence-electron chi connectivity index (χ4n) is 3.14. The van der Waals surface area contributed by atoms with E-state index in [1.54, 1.807) is 0 Å². The maximum atomic E-state index is 14.9. The molecule has 5 nitrogen and oxygen atoms in total. The average Bonchev–Trinajstić information content (AvgIpc) is 3.40. The van der Waals surface area contributed by atoms with Crippen LogP contribution in [-0.2, 0) is 6.18 Å². The Bertz CT molecular complexity index is 1290. The Morgan fingerprint density at radius 3 is 2.38 bits per heavy atom. The van der Waals surface area contributed by atoms with Crippen LogP contribution in [0.2, 0.25) is 0 Å². The van der Waals surface area contributed by atoms with Gasteiger partial charge in [0.2, 0.25) is 0 Å². The van der Waals surface area contributed by atoms with E-state index >= 15 is 0 Å². The van der Waals surface area contributed by atoms with Gasteiger partial charge < -0.3 is 9.88 Å². The molecule has 0 amide bonds. The molecule has 3 heterocycles. The Morgan fingerprint density at radius 1 is 1.03 bits per heavy atom. The fraction of sp³-hybridized carbons (Fsp3) is 0.182. The summed E-state index contributed by atoms with van der Waals surface area (Å²) in [5, 5.41) is 0. The minimum absolute atomic E-state index is 0.0814. The van der Waals surface area contributed by atoms with Crippen LogP contribution < -0.4 is 4.90 Å². The molecule has 0 aliphatic carbocycles. The van der Waals surface area contributed by atoms with E-state index in [1.807, 2.05) is 0 Å². The van der Waals surface area contributed by atoms with Crippen LogP contribution in [0.1, 0.15) is 23.7 Å². The first-order chi connectivity index (χ1) is 15.9. The lowest BCUT2D eigenvalue weighted by Gasteiger charge is -2.25. The summed E-state index contributed by atoms with van der Waals surface area (Å²) in [6.45, 7) is 0.660. The molecule has 1 N–H and O–H groups in total. The van der Waals surface area contributed by atoms with Crippen LogP contribution in [-0.4, -0.2) is 32.8 Å². The molecule has 1 aliphatic heterocycles. The lowest BCUT2D eigenvalue weighted by molar-refractivity contribution is -0.228. The molecule has 1 aromatic carbocycles. The molecule has 3 aromatic rings. The summed E-state index contributed by atoms with van der Waals surface area (Å²) < 4.78 is 92.2. The van der Waals surface area contributed by atoms with Crippen molar-refractivity contribution in [3.63, 3.8) is 0 Å². The number of imidazole rings is 1. The number of hydrogen-bond donors (Lipinski definition) is 1. The molecule has 0 spiro atoms. The van der Waals surface area contributed by atoms with E-state index in [4.69, 9.17) is 0 Å². The molecule has 4 rings (SSSR count). The van der Waals surface area contributed by atoms with Crippen LogP contribution in [0.3, 0.4) is 0 Å². The van der Waals surface area contributed by atoms with Crippen molar-refractivity contribution in [2.24, 2.45) is 0 Å². The monoisotopic (exact) mass is 480 g/mol. The van der Waals surface area contributed by atoms with Crippen molar-refractivity contribution in [3.05, 3.63) is 77.3 Å². The maximum absolute atomic E-state index is 14.9. The summed E-state index contributed by atoms with van der Waals surface area (Å²) in [6, 6.07) is 8.00. The smallest absolute Gasteiger partial charge is 0.333 e. The Balaban J connectivity index is 1.54. The van der Waals surface area contributed by atoms with Gasteiger partial charge in [-0.15, -0.1) is 0 Å². The van der Waals surface area contributed by atoms with Gasteiger partial charge in [0.25, 0.3) is 0 Å². The van der Waals surface area contributed by atoms with Crippen molar-refractivity contribution < 1.29 is 30.7 Å². The molecule has 175 valence electrons. The van der Waals surface area contributed by atoms with Crippen molar-refractivity contribution in [3.8, 4) is 23.4 Å². The summed E-state index contributed by atoms with van der Waals surface area (Å²) in [7, 11) is 0. The predicted molar refractivity (Wildman–Crippen MR) is 107 cm³/mol. The number of nitrogens with zero attached hydrogens (tertiary/aromatic N) is 4. The number of aromatic nitrogens is 3. The van der Waals surface area contributed by atoms with Gasteiger partial charge in [-0.2, -0.15) is 26.3 Å². The van der Waals surface area contributed by atoms with E-state index in [0.717, 1.165) is 4.90 Å². The zero-order chi connectivity index (χ0) is 24.7. The van der Waals surface area contributed by atoms with Crippen molar-refractivity contribution in [2.75, 3.05) is 11.6 Å². The third-order valence-electron chi connectivity index (χ3n) is 4.82. The summed E-state index contributed by atoms with van der Waals surface area (Å²) >= 11 is 0. The highest BCUT2D eigenvalue weighted by atomic mass is 19.4. The summed E-state index contributed by atoms with van der Waals surface area (Å²) in [6.07, 6.45) is -6.06.